The molecule has 29 heavy (non-hydrogen) atoms. The van der Waals surface area contributed by atoms with Gasteiger partial charge in [0.1, 0.15) is 0 Å². The van der Waals surface area contributed by atoms with Crippen LogP contribution in [0.2, 0.25) is 0 Å². The van der Waals surface area contributed by atoms with Gasteiger partial charge in [0.25, 0.3) is 0 Å². The Morgan fingerprint density at radius 1 is 0.655 bits per heavy atom. The van der Waals surface area contributed by atoms with Crippen LogP contribution in [0.1, 0.15) is 54.4 Å². The van der Waals surface area contributed by atoms with E-state index in [1.54, 1.807) is 0 Å². The first-order valence-corrected chi connectivity index (χ1v) is 11.6. The highest BCUT2D eigenvalue weighted by Gasteiger charge is 2.47. The third kappa shape index (κ3) is 4.37. The first-order valence-electron chi connectivity index (χ1n) is 11.6. The molecule has 0 aromatic heterocycles. The highest BCUT2D eigenvalue weighted by molar-refractivity contribution is 5.10. The molecule has 2 aliphatic heterocycles. The molecule has 164 valence electrons. The number of allylic oxidation sites excluding steroid dienone is 4. The van der Waals surface area contributed by atoms with Gasteiger partial charge < -0.3 is 18.9 Å². The fourth-order valence-electron chi connectivity index (χ4n) is 6.44. The second-order valence-corrected chi connectivity index (χ2v) is 10.7. The summed E-state index contributed by atoms with van der Waals surface area (Å²) in [6.07, 6.45) is 6.84. The van der Waals surface area contributed by atoms with Crippen molar-refractivity contribution in [2.45, 2.75) is 67.0 Å². The maximum atomic E-state index is 6.30. The van der Waals surface area contributed by atoms with Gasteiger partial charge in [-0.1, -0.05) is 51.0 Å². The van der Waals surface area contributed by atoms with Crippen molar-refractivity contribution in [3.63, 3.8) is 0 Å². The van der Waals surface area contributed by atoms with Gasteiger partial charge >= 0.3 is 0 Å². The topological polar surface area (TPSA) is 36.9 Å². The SMILES string of the molecule is CC1=C[C@H](C)[C@H](C2OCC3(CO2)COC([C@@H]2[C@H](C)CC(C)=C[C@@H]2C)OC3)[C@H](C)C1. The lowest BCUT2D eigenvalue weighted by atomic mass is 9.74. The molecule has 4 nitrogen and oxygen atoms in total. The van der Waals surface area contributed by atoms with Crippen LogP contribution in [0, 0.1) is 40.9 Å². The fraction of sp³-hybridized carbons (Fsp3) is 0.840. The minimum atomic E-state index is -0.160. The molecule has 0 N–H and O–H groups in total. The zero-order valence-electron chi connectivity index (χ0n) is 19.1. The Morgan fingerprint density at radius 3 is 1.31 bits per heavy atom. The van der Waals surface area contributed by atoms with E-state index in [9.17, 15) is 0 Å². The summed E-state index contributed by atoms with van der Waals surface area (Å²) < 4.78 is 25.2. The second kappa shape index (κ2) is 8.45. The van der Waals surface area contributed by atoms with Crippen LogP contribution in [-0.2, 0) is 18.9 Å². The van der Waals surface area contributed by atoms with Crippen molar-refractivity contribution in [1.82, 2.24) is 0 Å². The van der Waals surface area contributed by atoms with Gasteiger partial charge in [-0.15, -0.1) is 0 Å². The van der Waals surface area contributed by atoms with E-state index in [-0.39, 0.29) is 18.0 Å². The summed E-state index contributed by atoms with van der Waals surface area (Å²) >= 11 is 0. The Kier molecular flexibility index (Phi) is 6.28. The Bertz CT molecular complexity index is 578. The predicted molar refractivity (Wildman–Crippen MR) is 114 cm³/mol. The zero-order chi connectivity index (χ0) is 20.8. The number of hydrogen-bond acceptors (Lipinski definition) is 4. The summed E-state index contributed by atoms with van der Waals surface area (Å²) in [5.74, 6) is 3.01. The largest absolute Gasteiger partial charge is 0.351 e. The van der Waals surface area contributed by atoms with Crippen LogP contribution >= 0.6 is 0 Å². The van der Waals surface area contributed by atoms with E-state index in [2.05, 4.69) is 53.7 Å². The van der Waals surface area contributed by atoms with E-state index >= 15 is 0 Å². The molecule has 4 aliphatic rings. The third-order valence-corrected chi connectivity index (χ3v) is 7.75. The average molecular weight is 405 g/mol. The van der Waals surface area contributed by atoms with Gasteiger partial charge in [-0.3, -0.25) is 0 Å². The van der Waals surface area contributed by atoms with Crippen molar-refractivity contribution in [2.24, 2.45) is 40.9 Å². The lowest BCUT2D eigenvalue weighted by Crippen LogP contribution is -2.56. The van der Waals surface area contributed by atoms with Gasteiger partial charge in [0, 0.05) is 11.8 Å². The summed E-state index contributed by atoms with van der Waals surface area (Å²) in [4.78, 5) is 0. The van der Waals surface area contributed by atoms with E-state index in [0.717, 1.165) is 12.8 Å². The molecule has 1 spiro atoms. The van der Waals surface area contributed by atoms with E-state index in [1.165, 1.54) is 11.1 Å². The molecule has 0 aromatic rings. The van der Waals surface area contributed by atoms with Crippen molar-refractivity contribution in [1.29, 1.82) is 0 Å². The van der Waals surface area contributed by atoms with Gasteiger partial charge in [-0.2, -0.15) is 0 Å². The molecule has 2 heterocycles. The van der Waals surface area contributed by atoms with Crippen molar-refractivity contribution in [3.8, 4) is 0 Å². The van der Waals surface area contributed by atoms with Crippen molar-refractivity contribution >= 4 is 0 Å². The second-order valence-electron chi connectivity index (χ2n) is 10.7. The summed E-state index contributed by atoms with van der Waals surface area (Å²) in [5.41, 5.74) is 2.82. The average Bonchev–Trinajstić information content (AvgIpc) is 2.63. The molecule has 6 atom stereocenters. The third-order valence-electron chi connectivity index (χ3n) is 7.75. The van der Waals surface area contributed by atoms with Gasteiger partial charge in [-0.25, -0.2) is 0 Å². The molecule has 2 aliphatic carbocycles. The van der Waals surface area contributed by atoms with E-state index < -0.39 is 0 Å². The van der Waals surface area contributed by atoms with Crippen LogP contribution in [0.15, 0.2) is 23.3 Å². The summed E-state index contributed by atoms with van der Waals surface area (Å²) in [6.45, 7) is 16.4. The molecule has 0 unspecified atom stereocenters. The molecule has 0 radical (unpaired) electrons. The first-order chi connectivity index (χ1) is 13.8. The Labute approximate surface area is 177 Å². The Hall–Kier alpha value is -0.680. The number of ether oxygens (including phenoxy) is 4. The maximum absolute atomic E-state index is 6.30. The standard InChI is InChI=1S/C25H40O4/c1-15-7-17(3)21(18(4)8-15)23-26-11-25(12-27-23)13-28-24(29-14-25)22-19(5)9-16(2)10-20(22)6/h7,9,17-24H,8,10-14H2,1-6H3/t17-,18+,19-,20+,21-,22-,23?,24?,25?/m0/s1. The maximum Gasteiger partial charge on any atom is 0.161 e. The number of rotatable bonds is 2. The highest BCUT2D eigenvalue weighted by Crippen LogP contribution is 2.43. The van der Waals surface area contributed by atoms with Crippen molar-refractivity contribution in [2.75, 3.05) is 26.4 Å². The number of hydrogen-bond donors (Lipinski definition) is 0. The van der Waals surface area contributed by atoms with Crippen LogP contribution in [0.4, 0.5) is 0 Å². The molecule has 0 bridgehead atoms. The minimum absolute atomic E-state index is 0.112. The molecule has 0 saturated carbocycles. The lowest BCUT2D eigenvalue weighted by Gasteiger charge is -2.49. The summed E-state index contributed by atoms with van der Waals surface area (Å²) in [6, 6.07) is 0. The first kappa shape index (κ1) is 21.5. The molecule has 0 aromatic carbocycles. The van der Waals surface area contributed by atoms with E-state index in [1.807, 2.05) is 0 Å². The molecule has 4 heteroatoms. The van der Waals surface area contributed by atoms with Crippen LogP contribution in [0.5, 0.6) is 0 Å². The molecule has 2 fully saturated rings. The van der Waals surface area contributed by atoms with Crippen LogP contribution in [0.25, 0.3) is 0 Å². The van der Waals surface area contributed by atoms with Crippen LogP contribution in [0.3, 0.4) is 0 Å². The van der Waals surface area contributed by atoms with E-state index in [4.69, 9.17) is 18.9 Å². The quantitative estimate of drug-likeness (QED) is 0.593. The normalized spacial score (nSPS) is 48.9. The molecular weight excluding hydrogens is 364 g/mol. The zero-order valence-corrected chi connectivity index (χ0v) is 19.1. The molecule has 0 amide bonds. The van der Waals surface area contributed by atoms with Gasteiger partial charge in [0.05, 0.1) is 31.8 Å². The van der Waals surface area contributed by atoms with Gasteiger partial charge in [-0.05, 0) is 50.4 Å². The smallest absolute Gasteiger partial charge is 0.161 e. The minimum Gasteiger partial charge on any atom is -0.351 e. The Morgan fingerprint density at radius 2 is 1.00 bits per heavy atom. The Balaban J connectivity index is 1.33. The molecular formula is C25H40O4. The molecule has 4 rings (SSSR count). The van der Waals surface area contributed by atoms with Gasteiger partial charge in [0.15, 0.2) is 12.6 Å². The van der Waals surface area contributed by atoms with E-state index in [0.29, 0.717) is 61.9 Å². The summed E-state index contributed by atoms with van der Waals surface area (Å²) in [5, 5.41) is 0. The highest BCUT2D eigenvalue weighted by atomic mass is 16.7. The van der Waals surface area contributed by atoms with Crippen LogP contribution < -0.4 is 0 Å². The summed E-state index contributed by atoms with van der Waals surface area (Å²) in [7, 11) is 0. The monoisotopic (exact) mass is 404 g/mol. The lowest BCUT2D eigenvalue weighted by molar-refractivity contribution is -0.327. The van der Waals surface area contributed by atoms with Crippen molar-refractivity contribution in [3.05, 3.63) is 23.3 Å². The van der Waals surface area contributed by atoms with Gasteiger partial charge in [0.2, 0.25) is 0 Å². The molecule has 2 saturated heterocycles. The van der Waals surface area contributed by atoms with Crippen LogP contribution in [-0.4, -0.2) is 39.0 Å². The fourth-order valence-corrected chi connectivity index (χ4v) is 6.44. The van der Waals surface area contributed by atoms with Crippen molar-refractivity contribution < 1.29 is 18.9 Å². The predicted octanol–water partition coefficient (Wildman–Crippen LogP) is 5.20.